The summed E-state index contributed by atoms with van der Waals surface area (Å²) in [5, 5.41) is 3.05. The molecule has 0 bridgehead atoms. The van der Waals surface area contributed by atoms with Crippen molar-refractivity contribution >= 4 is 29.3 Å². The van der Waals surface area contributed by atoms with Gasteiger partial charge in [-0.2, -0.15) is 0 Å². The van der Waals surface area contributed by atoms with E-state index in [4.69, 9.17) is 0 Å². The van der Waals surface area contributed by atoms with Crippen molar-refractivity contribution in [3.05, 3.63) is 29.3 Å². The zero-order valence-electron chi connectivity index (χ0n) is 16.2. The molecule has 0 saturated carbocycles. The molecule has 1 aromatic rings. The minimum Gasteiger partial charge on any atom is -0.324 e. The number of benzene rings is 1. The van der Waals surface area contributed by atoms with Crippen LogP contribution in [0.1, 0.15) is 37.3 Å². The number of likely N-dealkylation sites (tertiary alicyclic amines) is 1. The summed E-state index contributed by atoms with van der Waals surface area (Å²) in [5.74, 6) is 0.687. The zero-order valence-corrected chi connectivity index (χ0v) is 17.0. The lowest BCUT2D eigenvalue weighted by Gasteiger charge is -2.44. The summed E-state index contributed by atoms with van der Waals surface area (Å²) < 4.78 is 0. The Hall–Kier alpha value is -1.53. The van der Waals surface area contributed by atoms with Crippen LogP contribution in [0.3, 0.4) is 0 Å². The molecule has 2 amide bonds. The Balaban J connectivity index is 1.81. The fraction of sp³-hybridized carbons (Fsp3) is 0.600. The number of nitrogens with one attached hydrogen (secondary N) is 1. The van der Waals surface area contributed by atoms with Crippen molar-refractivity contribution in [2.24, 2.45) is 0 Å². The van der Waals surface area contributed by atoms with Gasteiger partial charge in [0, 0.05) is 31.0 Å². The topological polar surface area (TPSA) is 52.7 Å². The lowest BCUT2D eigenvalue weighted by atomic mass is 10.00. The van der Waals surface area contributed by atoms with E-state index in [1.54, 1.807) is 11.8 Å². The summed E-state index contributed by atoms with van der Waals surface area (Å²) in [6, 6.07) is 5.65. The van der Waals surface area contributed by atoms with Gasteiger partial charge >= 0.3 is 0 Å². The Morgan fingerprint density at radius 3 is 2.38 bits per heavy atom. The molecule has 0 radical (unpaired) electrons. The Morgan fingerprint density at radius 1 is 1.19 bits per heavy atom. The normalized spacial score (nSPS) is 22.6. The zero-order chi connectivity index (χ0) is 18.9. The minimum absolute atomic E-state index is 0.0693. The van der Waals surface area contributed by atoms with E-state index in [-0.39, 0.29) is 16.7 Å². The highest BCUT2D eigenvalue weighted by molar-refractivity contribution is 8.01. The molecule has 1 N–H and O–H groups in total. The van der Waals surface area contributed by atoms with Crippen molar-refractivity contribution in [2.45, 2.75) is 50.9 Å². The maximum absolute atomic E-state index is 13.0. The lowest BCUT2D eigenvalue weighted by Crippen LogP contribution is -2.57. The van der Waals surface area contributed by atoms with Crippen LogP contribution < -0.4 is 5.32 Å². The molecule has 1 spiro atoms. The van der Waals surface area contributed by atoms with Crippen LogP contribution in [-0.2, 0) is 9.59 Å². The molecule has 1 unspecified atom stereocenters. The second kappa shape index (κ2) is 7.61. The first-order valence-electron chi connectivity index (χ1n) is 9.38. The van der Waals surface area contributed by atoms with E-state index < -0.39 is 6.04 Å². The summed E-state index contributed by atoms with van der Waals surface area (Å²) >= 11 is 1.79. The first-order chi connectivity index (χ1) is 12.3. The molecule has 1 aromatic carbocycles. The van der Waals surface area contributed by atoms with Crippen molar-refractivity contribution in [3.63, 3.8) is 0 Å². The van der Waals surface area contributed by atoms with Gasteiger partial charge in [0.05, 0.1) is 4.87 Å². The molecule has 2 aliphatic rings. The number of carbonyl (C=O) groups is 2. The summed E-state index contributed by atoms with van der Waals surface area (Å²) in [5.41, 5.74) is 3.05. The van der Waals surface area contributed by atoms with Crippen LogP contribution in [0.5, 0.6) is 0 Å². The molecule has 2 fully saturated rings. The smallest absolute Gasteiger partial charge is 0.248 e. The average molecular weight is 376 g/mol. The van der Waals surface area contributed by atoms with Gasteiger partial charge in [-0.05, 0) is 57.0 Å². The van der Waals surface area contributed by atoms with Crippen LogP contribution in [0.25, 0.3) is 0 Å². The second-order valence-electron chi connectivity index (χ2n) is 7.56. The van der Waals surface area contributed by atoms with Crippen molar-refractivity contribution < 1.29 is 9.59 Å². The van der Waals surface area contributed by atoms with Gasteiger partial charge in [-0.15, -0.1) is 11.8 Å². The van der Waals surface area contributed by atoms with Crippen molar-refractivity contribution in [1.82, 2.24) is 9.80 Å². The van der Waals surface area contributed by atoms with E-state index in [1.165, 1.54) is 0 Å². The first kappa shape index (κ1) is 19.2. The van der Waals surface area contributed by atoms with Gasteiger partial charge in [-0.25, -0.2) is 0 Å². The Bertz CT molecular complexity index is 678. The highest BCUT2D eigenvalue weighted by Gasteiger charge is 2.52. The molecular formula is C20H29N3O2S. The molecule has 2 heterocycles. The molecule has 0 aromatic heterocycles. The Kier molecular flexibility index (Phi) is 5.63. The van der Waals surface area contributed by atoms with Crippen LogP contribution in [0.2, 0.25) is 0 Å². The van der Waals surface area contributed by atoms with Crippen LogP contribution in [0.15, 0.2) is 18.2 Å². The standard InChI is InChI=1S/C20H29N3O2S/c1-5-18(24)23-17(13-26-20(23)6-8-22(4)9-7-20)19(25)21-16-11-14(2)10-15(3)12-16/h10-12,17H,5-9,13H2,1-4H3,(H,21,25). The number of carbonyl (C=O) groups excluding carboxylic acids is 2. The van der Waals surface area contributed by atoms with Crippen molar-refractivity contribution in [1.29, 1.82) is 0 Å². The van der Waals surface area contributed by atoms with Crippen molar-refractivity contribution in [2.75, 3.05) is 31.2 Å². The predicted octanol–water partition coefficient (Wildman–Crippen LogP) is 3.02. The maximum Gasteiger partial charge on any atom is 0.248 e. The van der Waals surface area contributed by atoms with E-state index in [2.05, 4.69) is 23.3 Å². The predicted molar refractivity (Wildman–Crippen MR) is 107 cm³/mol. The monoisotopic (exact) mass is 375 g/mol. The molecule has 3 rings (SSSR count). The molecule has 0 aliphatic carbocycles. The SMILES string of the molecule is CCC(=O)N1C(C(=O)Nc2cc(C)cc(C)c2)CSC12CCN(C)CC2. The molecule has 5 nitrogen and oxygen atoms in total. The first-order valence-corrected chi connectivity index (χ1v) is 10.4. The van der Waals surface area contributed by atoms with Gasteiger partial charge in [0.1, 0.15) is 6.04 Å². The van der Waals surface area contributed by atoms with Gasteiger partial charge < -0.3 is 15.1 Å². The number of amides is 2. The largest absolute Gasteiger partial charge is 0.324 e. The van der Waals surface area contributed by atoms with E-state index in [0.29, 0.717) is 12.2 Å². The van der Waals surface area contributed by atoms with Crippen molar-refractivity contribution in [3.8, 4) is 0 Å². The molecule has 26 heavy (non-hydrogen) atoms. The molecule has 2 aliphatic heterocycles. The molecule has 1 atom stereocenters. The van der Waals surface area contributed by atoms with Crippen LogP contribution in [0.4, 0.5) is 5.69 Å². The third-order valence-corrected chi connectivity index (χ3v) is 7.02. The molecule has 2 saturated heterocycles. The van der Waals surface area contributed by atoms with Gasteiger partial charge in [-0.3, -0.25) is 9.59 Å². The summed E-state index contributed by atoms with van der Waals surface area (Å²) in [6.07, 6.45) is 2.28. The Labute approximate surface area is 160 Å². The highest BCUT2D eigenvalue weighted by atomic mass is 32.2. The number of hydrogen-bond acceptors (Lipinski definition) is 4. The van der Waals surface area contributed by atoms with Crippen LogP contribution in [0, 0.1) is 13.8 Å². The maximum atomic E-state index is 13.0. The Morgan fingerprint density at radius 2 is 1.81 bits per heavy atom. The number of piperidine rings is 1. The highest BCUT2D eigenvalue weighted by Crippen LogP contribution is 2.47. The van der Waals surface area contributed by atoms with E-state index >= 15 is 0 Å². The number of anilines is 1. The fourth-order valence-corrected chi connectivity index (χ4v) is 5.66. The summed E-state index contributed by atoms with van der Waals surface area (Å²) in [6.45, 7) is 7.85. The molecule has 6 heteroatoms. The third-order valence-electron chi connectivity index (χ3n) is 5.39. The minimum atomic E-state index is -0.392. The number of thioether (sulfide) groups is 1. The molecular weight excluding hydrogens is 346 g/mol. The number of rotatable bonds is 3. The second-order valence-corrected chi connectivity index (χ2v) is 8.94. The van der Waals surface area contributed by atoms with Gasteiger partial charge in [0.2, 0.25) is 11.8 Å². The quantitative estimate of drug-likeness (QED) is 0.882. The number of aryl methyl sites for hydroxylation is 2. The van der Waals surface area contributed by atoms with E-state index in [1.807, 2.05) is 37.8 Å². The van der Waals surface area contributed by atoms with E-state index in [9.17, 15) is 9.59 Å². The van der Waals surface area contributed by atoms with Gasteiger partial charge in [0.25, 0.3) is 0 Å². The van der Waals surface area contributed by atoms with Gasteiger partial charge in [-0.1, -0.05) is 13.0 Å². The van der Waals surface area contributed by atoms with Crippen LogP contribution in [-0.4, -0.2) is 58.4 Å². The summed E-state index contributed by atoms with van der Waals surface area (Å²) in [7, 11) is 2.11. The fourth-order valence-electron chi connectivity index (χ4n) is 4.05. The van der Waals surface area contributed by atoms with Crippen LogP contribution >= 0.6 is 11.8 Å². The number of hydrogen-bond donors (Lipinski definition) is 1. The lowest BCUT2D eigenvalue weighted by molar-refractivity contribution is -0.141. The average Bonchev–Trinajstić information content (AvgIpc) is 2.95. The number of nitrogens with zero attached hydrogens (tertiary/aromatic N) is 2. The third kappa shape index (κ3) is 3.76. The van der Waals surface area contributed by atoms with E-state index in [0.717, 1.165) is 42.7 Å². The molecule has 142 valence electrons. The summed E-state index contributed by atoms with van der Waals surface area (Å²) in [4.78, 5) is 29.8. The van der Waals surface area contributed by atoms with Gasteiger partial charge in [0.15, 0.2) is 0 Å².